The number of carbonyl (C=O) groups is 1. The number of hydrogen-bond donors (Lipinski definition) is 4. The Morgan fingerprint density at radius 2 is 1.93 bits per heavy atom. The van der Waals surface area contributed by atoms with E-state index in [-0.39, 0.29) is 16.0 Å². The first-order chi connectivity index (χ1) is 19.1. The van der Waals surface area contributed by atoms with Crippen molar-refractivity contribution in [1.29, 1.82) is 0 Å². The van der Waals surface area contributed by atoms with Gasteiger partial charge in [-0.1, -0.05) is 23.7 Å². The standard InChI is InChI=1S/C27H30ClF2N5O4S/c1-17-16-39-13-12-35(17)24-14-22(27(10-11-27)40(37,38)21-5-3-2-4-20(21)28)33-25(34-24)18-6-8-19(9-7-18)32-26(36)31-15-23(29)30/h2-9,14,17,23,37-38H,10-13,15-16H2,1H3,(H2,31,32,36)/t17-/m0/s1. The van der Waals surface area contributed by atoms with Crippen LogP contribution in [0.3, 0.4) is 0 Å². The Morgan fingerprint density at radius 3 is 2.58 bits per heavy atom. The minimum absolute atomic E-state index is 0.0433. The van der Waals surface area contributed by atoms with E-state index in [1.807, 2.05) is 13.0 Å². The highest BCUT2D eigenvalue weighted by Crippen LogP contribution is 2.75. The molecule has 3 aromatic rings. The number of amides is 2. The first-order valence-corrected chi connectivity index (χ1v) is 14.7. The molecule has 2 aliphatic rings. The van der Waals surface area contributed by atoms with E-state index in [1.54, 1.807) is 48.5 Å². The zero-order valence-electron chi connectivity index (χ0n) is 21.7. The van der Waals surface area contributed by atoms with Crippen molar-refractivity contribution in [3.05, 3.63) is 65.3 Å². The van der Waals surface area contributed by atoms with Crippen LogP contribution >= 0.6 is 22.2 Å². The second-order valence-electron chi connectivity index (χ2n) is 9.83. The maximum absolute atomic E-state index is 12.4. The second-order valence-corrected chi connectivity index (χ2v) is 12.6. The number of benzene rings is 2. The Morgan fingerprint density at radius 1 is 1.20 bits per heavy atom. The van der Waals surface area contributed by atoms with Crippen molar-refractivity contribution in [3.8, 4) is 11.4 Å². The molecule has 4 N–H and O–H groups in total. The van der Waals surface area contributed by atoms with Crippen LogP contribution in [0.1, 0.15) is 25.5 Å². The molecule has 5 rings (SSSR count). The van der Waals surface area contributed by atoms with Gasteiger partial charge in [0.25, 0.3) is 6.43 Å². The Bertz CT molecular complexity index is 1380. The molecule has 1 aromatic heterocycles. The fraction of sp³-hybridized carbons (Fsp3) is 0.370. The molecular formula is C27H30ClF2N5O4S. The molecule has 1 aliphatic heterocycles. The van der Waals surface area contributed by atoms with Crippen LogP contribution in [0.25, 0.3) is 11.4 Å². The van der Waals surface area contributed by atoms with Crippen LogP contribution in [-0.4, -0.2) is 63.9 Å². The highest BCUT2D eigenvalue weighted by molar-refractivity contribution is 8.25. The van der Waals surface area contributed by atoms with Crippen LogP contribution in [0, 0.1) is 0 Å². The third-order valence-corrected chi connectivity index (χ3v) is 10.2. The number of morpholine rings is 1. The summed E-state index contributed by atoms with van der Waals surface area (Å²) in [5, 5.41) is 4.89. The van der Waals surface area contributed by atoms with Crippen LogP contribution in [0.2, 0.25) is 5.02 Å². The molecule has 0 radical (unpaired) electrons. The van der Waals surface area contributed by atoms with Crippen LogP contribution in [-0.2, 0) is 9.48 Å². The summed E-state index contributed by atoms with van der Waals surface area (Å²) in [7, 11) is -3.38. The van der Waals surface area contributed by atoms with Gasteiger partial charge < -0.3 is 20.3 Å². The molecule has 2 fully saturated rings. The van der Waals surface area contributed by atoms with Gasteiger partial charge in [0.2, 0.25) is 0 Å². The van der Waals surface area contributed by atoms with E-state index in [0.29, 0.717) is 61.2 Å². The third-order valence-electron chi connectivity index (χ3n) is 7.05. The minimum Gasteiger partial charge on any atom is -0.377 e. The summed E-state index contributed by atoms with van der Waals surface area (Å²) in [6, 6.07) is 14.5. The SMILES string of the molecule is C[C@H]1COCCN1c1cc(C2(S(O)(O)c3ccccc3Cl)CC2)nc(-c2ccc(NC(=O)NCC(F)F)cc2)n1. The van der Waals surface area contributed by atoms with E-state index in [4.69, 9.17) is 26.3 Å². The molecule has 0 bridgehead atoms. The summed E-state index contributed by atoms with van der Waals surface area (Å²) >= 11 is 6.39. The van der Waals surface area contributed by atoms with E-state index in [9.17, 15) is 22.7 Å². The number of halogens is 3. The number of rotatable bonds is 8. The molecule has 2 aromatic carbocycles. The van der Waals surface area contributed by atoms with Gasteiger partial charge in [-0.05, 0) is 56.2 Å². The van der Waals surface area contributed by atoms with Gasteiger partial charge in [-0.2, -0.15) is 10.6 Å². The average molecular weight is 594 g/mol. The molecule has 9 nitrogen and oxygen atoms in total. The molecule has 1 aliphatic carbocycles. The number of hydrogen-bond acceptors (Lipinski definition) is 7. The van der Waals surface area contributed by atoms with Crippen LogP contribution < -0.4 is 15.5 Å². The number of nitrogens with one attached hydrogen (secondary N) is 2. The number of nitrogens with zero attached hydrogens (tertiary/aromatic N) is 3. The van der Waals surface area contributed by atoms with Gasteiger partial charge in [-0.15, -0.1) is 0 Å². The molecular weight excluding hydrogens is 564 g/mol. The van der Waals surface area contributed by atoms with E-state index in [0.717, 1.165) is 0 Å². The predicted octanol–water partition coefficient (Wildman–Crippen LogP) is 6.21. The summed E-state index contributed by atoms with van der Waals surface area (Å²) in [6.45, 7) is 2.96. The first-order valence-electron chi connectivity index (χ1n) is 12.8. The fourth-order valence-electron chi connectivity index (χ4n) is 4.75. The fourth-order valence-corrected chi connectivity index (χ4v) is 7.30. The van der Waals surface area contributed by atoms with Crippen molar-refractivity contribution < 1.29 is 27.4 Å². The first kappa shape index (κ1) is 28.5. The quantitative estimate of drug-likeness (QED) is 0.245. The monoisotopic (exact) mass is 593 g/mol. The Hall–Kier alpha value is -3.03. The number of anilines is 2. The lowest BCUT2D eigenvalue weighted by molar-refractivity contribution is 0.0985. The van der Waals surface area contributed by atoms with Crippen molar-refractivity contribution in [1.82, 2.24) is 15.3 Å². The maximum atomic E-state index is 12.4. The Balaban J connectivity index is 1.51. The number of alkyl halides is 2. The van der Waals surface area contributed by atoms with Crippen molar-refractivity contribution in [3.63, 3.8) is 0 Å². The van der Waals surface area contributed by atoms with Crippen LogP contribution in [0.4, 0.5) is 25.1 Å². The number of ether oxygens (including phenoxy) is 1. The lowest BCUT2D eigenvalue weighted by atomic mass is 10.1. The highest BCUT2D eigenvalue weighted by atomic mass is 35.5. The summed E-state index contributed by atoms with van der Waals surface area (Å²) in [5.41, 5.74) is 1.55. The largest absolute Gasteiger partial charge is 0.377 e. The molecule has 214 valence electrons. The van der Waals surface area contributed by atoms with Crippen LogP contribution in [0.5, 0.6) is 0 Å². The molecule has 0 spiro atoms. The smallest absolute Gasteiger partial charge is 0.319 e. The Kier molecular flexibility index (Phi) is 8.16. The molecule has 13 heteroatoms. The average Bonchev–Trinajstić information content (AvgIpc) is 3.76. The molecule has 1 saturated heterocycles. The summed E-state index contributed by atoms with van der Waals surface area (Å²) in [4.78, 5) is 23.9. The van der Waals surface area contributed by atoms with E-state index < -0.39 is 34.3 Å². The summed E-state index contributed by atoms with van der Waals surface area (Å²) in [6.07, 6.45) is -1.61. The van der Waals surface area contributed by atoms with Gasteiger partial charge in [-0.3, -0.25) is 9.11 Å². The van der Waals surface area contributed by atoms with E-state index >= 15 is 0 Å². The number of urea groups is 1. The van der Waals surface area contributed by atoms with Crippen molar-refractivity contribution >= 4 is 39.7 Å². The molecule has 1 saturated carbocycles. The lowest BCUT2D eigenvalue weighted by Gasteiger charge is -2.41. The van der Waals surface area contributed by atoms with Gasteiger partial charge in [-0.25, -0.2) is 23.5 Å². The molecule has 0 unspecified atom stereocenters. The van der Waals surface area contributed by atoms with Crippen molar-refractivity contribution in [2.24, 2.45) is 0 Å². The Labute approximate surface area is 237 Å². The maximum Gasteiger partial charge on any atom is 0.319 e. The van der Waals surface area contributed by atoms with Gasteiger partial charge >= 0.3 is 6.03 Å². The predicted molar refractivity (Wildman–Crippen MR) is 152 cm³/mol. The number of aromatic nitrogens is 2. The third kappa shape index (κ3) is 5.72. The summed E-state index contributed by atoms with van der Waals surface area (Å²) in [5.74, 6) is 1.02. The van der Waals surface area contributed by atoms with Gasteiger partial charge in [0.1, 0.15) is 10.6 Å². The zero-order valence-corrected chi connectivity index (χ0v) is 23.3. The summed E-state index contributed by atoms with van der Waals surface area (Å²) < 4.78 is 52.5. The van der Waals surface area contributed by atoms with Gasteiger partial charge in [0.05, 0.1) is 41.4 Å². The number of carbonyl (C=O) groups excluding carboxylic acids is 1. The van der Waals surface area contributed by atoms with Gasteiger partial charge in [0.15, 0.2) is 5.82 Å². The topological polar surface area (TPSA) is 120 Å². The van der Waals surface area contributed by atoms with Crippen molar-refractivity contribution in [2.75, 3.05) is 36.5 Å². The highest BCUT2D eigenvalue weighted by Gasteiger charge is 2.58. The lowest BCUT2D eigenvalue weighted by Crippen LogP contribution is -2.44. The zero-order chi connectivity index (χ0) is 28.5. The van der Waals surface area contributed by atoms with Gasteiger partial charge in [0, 0.05) is 23.9 Å². The molecule has 2 amide bonds. The normalized spacial score (nSPS) is 18.9. The van der Waals surface area contributed by atoms with Crippen molar-refractivity contribution in [2.45, 2.75) is 41.9 Å². The van der Waals surface area contributed by atoms with Crippen LogP contribution in [0.15, 0.2) is 59.5 Å². The van der Waals surface area contributed by atoms with E-state index in [2.05, 4.69) is 15.5 Å². The second kappa shape index (κ2) is 11.5. The molecule has 40 heavy (non-hydrogen) atoms. The molecule has 2 heterocycles. The van der Waals surface area contributed by atoms with E-state index in [1.165, 1.54) is 0 Å². The molecule has 1 atom stereocenters. The minimum atomic E-state index is -3.38.